The van der Waals surface area contributed by atoms with Gasteiger partial charge in [0.15, 0.2) is 0 Å². The van der Waals surface area contributed by atoms with Crippen LogP contribution in [0.3, 0.4) is 0 Å². The summed E-state index contributed by atoms with van der Waals surface area (Å²) in [6.07, 6.45) is -0.550. The Balaban J connectivity index is 2.18. The van der Waals surface area contributed by atoms with E-state index in [1.807, 2.05) is 49.1 Å². The van der Waals surface area contributed by atoms with Crippen LogP contribution in [0.2, 0.25) is 0 Å². The number of nitrogens with one attached hydrogen (secondary N) is 1. The van der Waals surface area contributed by atoms with Crippen LogP contribution in [0, 0.1) is 0 Å². The van der Waals surface area contributed by atoms with Gasteiger partial charge >= 0.3 is 12.1 Å². The van der Waals surface area contributed by atoms with E-state index in [4.69, 9.17) is 9.47 Å². The van der Waals surface area contributed by atoms with Gasteiger partial charge in [-0.1, -0.05) is 50.2 Å². The minimum absolute atomic E-state index is 0.281. The molecule has 0 aromatic heterocycles. The highest BCUT2D eigenvalue weighted by Gasteiger charge is 2.27. The number of benzene rings is 2. The molecule has 0 aliphatic rings. The molecular formula is C21H26N2O4. The molecule has 6 nitrogen and oxygen atoms in total. The largest absolute Gasteiger partial charge is 0.450 e. The summed E-state index contributed by atoms with van der Waals surface area (Å²) in [5.74, 6) is 0.000528. The predicted molar refractivity (Wildman–Crippen MR) is 105 cm³/mol. The van der Waals surface area contributed by atoms with E-state index in [9.17, 15) is 9.59 Å². The molecule has 0 heterocycles. The smallest absolute Gasteiger partial charge is 0.411 e. The van der Waals surface area contributed by atoms with E-state index < -0.39 is 12.1 Å². The number of hydrogen-bond donors (Lipinski definition) is 1. The summed E-state index contributed by atoms with van der Waals surface area (Å²) in [5.41, 5.74) is 1.38. The van der Waals surface area contributed by atoms with Crippen molar-refractivity contribution < 1.29 is 19.1 Å². The van der Waals surface area contributed by atoms with Gasteiger partial charge in [-0.15, -0.1) is 0 Å². The van der Waals surface area contributed by atoms with Crippen molar-refractivity contribution in [3.8, 4) is 5.75 Å². The first-order chi connectivity index (χ1) is 13.1. The molecule has 144 valence electrons. The van der Waals surface area contributed by atoms with Crippen LogP contribution in [-0.4, -0.2) is 36.7 Å². The lowest BCUT2D eigenvalue weighted by molar-refractivity contribution is -0.140. The lowest BCUT2D eigenvalue weighted by Gasteiger charge is -2.28. The van der Waals surface area contributed by atoms with Gasteiger partial charge in [0, 0.05) is 11.8 Å². The lowest BCUT2D eigenvalue weighted by Crippen LogP contribution is -2.36. The van der Waals surface area contributed by atoms with Gasteiger partial charge in [-0.05, 0) is 37.7 Å². The van der Waals surface area contributed by atoms with Gasteiger partial charge in [0.25, 0.3) is 0 Å². The van der Waals surface area contributed by atoms with E-state index in [0.717, 1.165) is 18.7 Å². The van der Waals surface area contributed by atoms with Crippen molar-refractivity contribution in [1.29, 1.82) is 0 Å². The molecule has 1 N–H and O–H groups in total. The molecule has 1 atom stereocenters. The Hall–Kier alpha value is -2.86. The summed E-state index contributed by atoms with van der Waals surface area (Å²) < 4.78 is 10.5. The number of anilines is 1. The number of hydrogen-bond acceptors (Lipinski definition) is 5. The Bertz CT molecular complexity index is 745. The van der Waals surface area contributed by atoms with Gasteiger partial charge in [0.05, 0.1) is 6.61 Å². The highest BCUT2D eigenvalue weighted by atomic mass is 16.5. The van der Waals surface area contributed by atoms with Gasteiger partial charge in [0.1, 0.15) is 11.8 Å². The Labute approximate surface area is 160 Å². The van der Waals surface area contributed by atoms with Crippen molar-refractivity contribution in [1.82, 2.24) is 4.90 Å². The minimum atomic E-state index is -0.550. The van der Waals surface area contributed by atoms with Crippen molar-refractivity contribution in [3.63, 3.8) is 0 Å². The molecule has 0 aliphatic heterocycles. The summed E-state index contributed by atoms with van der Waals surface area (Å²) in [6, 6.07) is 15.8. The maximum atomic E-state index is 12.9. The zero-order chi connectivity index (χ0) is 19.6. The van der Waals surface area contributed by atoms with E-state index in [-0.39, 0.29) is 12.6 Å². The summed E-state index contributed by atoms with van der Waals surface area (Å²) in [4.78, 5) is 26.5. The second-order valence-corrected chi connectivity index (χ2v) is 5.83. The van der Waals surface area contributed by atoms with Crippen molar-refractivity contribution in [3.05, 3.63) is 60.2 Å². The molecular weight excluding hydrogens is 344 g/mol. The van der Waals surface area contributed by atoms with Crippen molar-refractivity contribution >= 4 is 17.7 Å². The van der Waals surface area contributed by atoms with Crippen molar-refractivity contribution in [2.24, 2.45) is 0 Å². The Morgan fingerprint density at radius 3 is 2.33 bits per heavy atom. The van der Waals surface area contributed by atoms with Crippen LogP contribution in [0.25, 0.3) is 0 Å². The van der Waals surface area contributed by atoms with Crippen LogP contribution in [0.1, 0.15) is 32.4 Å². The summed E-state index contributed by atoms with van der Waals surface area (Å²) >= 11 is 0. The van der Waals surface area contributed by atoms with Gasteiger partial charge in [-0.2, -0.15) is 0 Å². The summed E-state index contributed by atoms with van der Waals surface area (Å²) in [6.45, 7) is 7.47. The molecule has 1 amide bonds. The number of rotatable bonds is 8. The maximum absolute atomic E-state index is 12.9. The third kappa shape index (κ3) is 5.82. The highest BCUT2D eigenvalue weighted by Crippen LogP contribution is 2.25. The van der Waals surface area contributed by atoms with Crippen LogP contribution >= 0.6 is 0 Å². The van der Waals surface area contributed by atoms with Crippen LogP contribution < -0.4 is 10.1 Å². The average Bonchev–Trinajstić information content (AvgIpc) is 2.67. The van der Waals surface area contributed by atoms with Crippen LogP contribution in [0.4, 0.5) is 10.5 Å². The van der Waals surface area contributed by atoms with Gasteiger partial charge in [-0.3, -0.25) is 10.2 Å². The van der Waals surface area contributed by atoms with E-state index in [2.05, 4.69) is 5.32 Å². The number of ether oxygens (including phenoxy) is 2. The van der Waals surface area contributed by atoms with E-state index in [0.29, 0.717) is 11.4 Å². The Kier molecular flexibility index (Phi) is 7.82. The predicted octanol–water partition coefficient (Wildman–Crippen LogP) is 4.24. The van der Waals surface area contributed by atoms with Crippen molar-refractivity contribution in [2.75, 3.05) is 25.0 Å². The number of nitrogens with zero attached hydrogens (tertiary/aromatic N) is 1. The van der Waals surface area contributed by atoms with Crippen LogP contribution in [0.5, 0.6) is 5.75 Å². The number of likely N-dealkylation sites (N-methyl/N-ethyl adjacent to an activating group) is 1. The molecule has 1 unspecified atom stereocenters. The molecule has 2 aromatic carbocycles. The second kappa shape index (κ2) is 10.3. The Morgan fingerprint density at radius 2 is 1.70 bits per heavy atom. The number of esters is 1. The van der Waals surface area contributed by atoms with Crippen LogP contribution in [0.15, 0.2) is 54.6 Å². The van der Waals surface area contributed by atoms with E-state index in [1.54, 1.807) is 31.2 Å². The first-order valence-corrected chi connectivity index (χ1v) is 9.13. The van der Waals surface area contributed by atoms with E-state index >= 15 is 0 Å². The number of amides is 1. The van der Waals surface area contributed by atoms with E-state index in [1.165, 1.54) is 0 Å². The summed E-state index contributed by atoms with van der Waals surface area (Å²) in [7, 11) is 0. The second-order valence-electron chi connectivity index (χ2n) is 5.83. The lowest BCUT2D eigenvalue weighted by atomic mass is 10.1. The molecule has 27 heavy (non-hydrogen) atoms. The fourth-order valence-corrected chi connectivity index (χ4v) is 2.81. The molecule has 0 bridgehead atoms. The Morgan fingerprint density at radius 1 is 1.00 bits per heavy atom. The molecule has 2 rings (SSSR count). The maximum Gasteiger partial charge on any atom is 0.411 e. The number of carbonyl (C=O) groups is 2. The SMILES string of the molecule is CCOC(=O)Nc1cccc(OC(=O)C(c2ccccc2)N(CC)CC)c1. The first-order valence-electron chi connectivity index (χ1n) is 9.13. The van der Waals surface area contributed by atoms with Gasteiger partial charge in [-0.25, -0.2) is 9.59 Å². The summed E-state index contributed by atoms with van der Waals surface area (Å²) in [5, 5.41) is 2.60. The molecule has 0 spiro atoms. The monoisotopic (exact) mass is 370 g/mol. The zero-order valence-corrected chi connectivity index (χ0v) is 16.0. The molecule has 0 saturated carbocycles. The standard InChI is InChI=1S/C21H26N2O4/c1-4-23(5-2)19(16-11-8-7-9-12-16)20(24)27-18-14-10-13-17(15-18)22-21(25)26-6-3/h7-15,19H,4-6H2,1-3H3,(H,22,25). The quantitative estimate of drug-likeness (QED) is 0.556. The molecule has 0 fully saturated rings. The fourth-order valence-electron chi connectivity index (χ4n) is 2.81. The molecule has 2 aromatic rings. The first kappa shape index (κ1) is 20.5. The topological polar surface area (TPSA) is 67.9 Å². The third-order valence-corrected chi connectivity index (χ3v) is 4.09. The third-order valence-electron chi connectivity index (χ3n) is 4.09. The number of carbonyl (C=O) groups excluding carboxylic acids is 2. The molecule has 0 aliphatic carbocycles. The molecule has 0 radical (unpaired) electrons. The molecule has 0 saturated heterocycles. The van der Waals surface area contributed by atoms with Crippen LogP contribution in [-0.2, 0) is 9.53 Å². The van der Waals surface area contributed by atoms with Gasteiger partial charge in [0.2, 0.25) is 0 Å². The molecule has 6 heteroatoms. The fraction of sp³-hybridized carbons (Fsp3) is 0.333. The highest BCUT2D eigenvalue weighted by molar-refractivity contribution is 5.85. The van der Waals surface area contributed by atoms with Crippen molar-refractivity contribution in [2.45, 2.75) is 26.8 Å². The normalized spacial score (nSPS) is 11.7. The van der Waals surface area contributed by atoms with Gasteiger partial charge < -0.3 is 9.47 Å². The zero-order valence-electron chi connectivity index (χ0n) is 16.0. The minimum Gasteiger partial charge on any atom is -0.450 e. The average molecular weight is 370 g/mol.